The van der Waals surface area contributed by atoms with Crippen LogP contribution in [0, 0.1) is 5.92 Å². The molecule has 1 heterocycles. The molecule has 0 aliphatic heterocycles. The standard InChI is InChI=1S/C8H12ClN3S/c1-2-3-5-4-6(5)10-8-7(9)11-13-12-8/h5-6H,2-4H2,1H3,(H,10,12). The topological polar surface area (TPSA) is 37.8 Å². The molecule has 1 aromatic heterocycles. The van der Waals surface area contributed by atoms with E-state index in [1.807, 2.05) is 0 Å². The van der Waals surface area contributed by atoms with Crippen molar-refractivity contribution in [3.05, 3.63) is 5.15 Å². The largest absolute Gasteiger partial charge is 0.364 e. The van der Waals surface area contributed by atoms with E-state index in [2.05, 4.69) is 21.0 Å². The molecular weight excluding hydrogens is 206 g/mol. The summed E-state index contributed by atoms with van der Waals surface area (Å²) in [5.41, 5.74) is 0. The lowest BCUT2D eigenvalue weighted by atomic mass is 10.2. The van der Waals surface area contributed by atoms with E-state index in [0.29, 0.717) is 11.2 Å². The number of halogens is 1. The maximum atomic E-state index is 5.81. The Morgan fingerprint density at radius 3 is 3.08 bits per heavy atom. The zero-order valence-corrected chi connectivity index (χ0v) is 9.03. The van der Waals surface area contributed by atoms with Crippen LogP contribution < -0.4 is 5.32 Å². The van der Waals surface area contributed by atoms with Crippen molar-refractivity contribution >= 4 is 29.1 Å². The Hall–Kier alpha value is -0.350. The second-order valence-electron chi connectivity index (χ2n) is 3.44. The highest BCUT2D eigenvalue weighted by Crippen LogP contribution is 2.37. The first-order valence-corrected chi connectivity index (χ1v) is 5.66. The molecule has 0 radical (unpaired) electrons. The fraction of sp³-hybridized carbons (Fsp3) is 0.750. The third-order valence-corrected chi connectivity index (χ3v) is 3.24. The number of hydrogen-bond donors (Lipinski definition) is 1. The molecule has 0 amide bonds. The summed E-state index contributed by atoms with van der Waals surface area (Å²) in [5, 5.41) is 3.81. The van der Waals surface area contributed by atoms with Crippen LogP contribution in [-0.4, -0.2) is 14.8 Å². The average Bonchev–Trinajstić information content (AvgIpc) is 2.69. The first kappa shape index (κ1) is 9.21. The summed E-state index contributed by atoms with van der Waals surface area (Å²) in [5.74, 6) is 1.58. The van der Waals surface area contributed by atoms with Gasteiger partial charge in [-0.25, -0.2) is 0 Å². The van der Waals surface area contributed by atoms with Crippen LogP contribution in [0.15, 0.2) is 0 Å². The molecule has 0 aromatic carbocycles. The van der Waals surface area contributed by atoms with Crippen molar-refractivity contribution in [2.45, 2.75) is 32.2 Å². The number of rotatable bonds is 4. The Morgan fingerprint density at radius 2 is 2.46 bits per heavy atom. The second-order valence-corrected chi connectivity index (χ2v) is 4.33. The molecule has 5 heteroatoms. The average molecular weight is 218 g/mol. The van der Waals surface area contributed by atoms with Gasteiger partial charge in [0.15, 0.2) is 11.0 Å². The molecule has 1 aromatic rings. The van der Waals surface area contributed by atoms with Gasteiger partial charge in [0.25, 0.3) is 0 Å². The van der Waals surface area contributed by atoms with Crippen LogP contribution in [0.1, 0.15) is 26.2 Å². The summed E-state index contributed by atoms with van der Waals surface area (Å²) >= 11 is 6.97. The second kappa shape index (κ2) is 3.80. The van der Waals surface area contributed by atoms with Crippen molar-refractivity contribution < 1.29 is 0 Å². The van der Waals surface area contributed by atoms with Gasteiger partial charge in [-0.2, -0.15) is 8.75 Å². The van der Waals surface area contributed by atoms with E-state index >= 15 is 0 Å². The maximum absolute atomic E-state index is 5.81. The van der Waals surface area contributed by atoms with Crippen LogP contribution in [0.3, 0.4) is 0 Å². The minimum Gasteiger partial charge on any atom is -0.364 e. The lowest BCUT2D eigenvalue weighted by molar-refractivity contribution is 0.692. The van der Waals surface area contributed by atoms with E-state index in [0.717, 1.165) is 23.5 Å². The van der Waals surface area contributed by atoms with Crippen LogP contribution in [0.5, 0.6) is 0 Å². The Bertz CT molecular complexity index is 289. The molecule has 2 rings (SSSR count). The normalized spacial score (nSPS) is 26.0. The number of anilines is 1. The highest BCUT2D eigenvalue weighted by molar-refractivity contribution is 6.99. The van der Waals surface area contributed by atoms with E-state index in [1.54, 1.807) is 0 Å². The maximum Gasteiger partial charge on any atom is 0.186 e. The fourth-order valence-electron chi connectivity index (χ4n) is 1.55. The van der Waals surface area contributed by atoms with E-state index in [1.165, 1.54) is 19.3 Å². The molecule has 72 valence electrons. The highest BCUT2D eigenvalue weighted by Gasteiger charge is 2.36. The lowest BCUT2D eigenvalue weighted by Crippen LogP contribution is -2.04. The van der Waals surface area contributed by atoms with Gasteiger partial charge < -0.3 is 5.32 Å². The molecule has 0 spiro atoms. The molecule has 1 aliphatic rings. The van der Waals surface area contributed by atoms with Gasteiger partial charge in [-0.05, 0) is 18.8 Å². The molecule has 1 fully saturated rings. The van der Waals surface area contributed by atoms with Gasteiger partial charge in [0.05, 0.1) is 11.7 Å². The summed E-state index contributed by atoms with van der Waals surface area (Å²) in [4.78, 5) is 0. The van der Waals surface area contributed by atoms with Gasteiger partial charge in [0, 0.05) is 6.04 Å². The van der Waals surface area contributed by atoms with Gasteiger partial charge in [-0.3, -0.25) is 0 Å². The zero-order valence-electron chi connectivity index (χ0n) is 7.46. The number of aromatic nitrogens is 2. The van der Waals surface area contributed by atoms with Crippen LogP contribution >= 0.6 is 23.3 Å². The van der Waals surface area contributed by atoms with E-state index in [9.17, 15) is 0 Å². The molecule has 0 saturated heterocycles. The molecule has 3 nitrogen and oxygen atoms in total. The predicted molar refractivity (Wildman–Crippen MR) is 55.3 cm³/mol. The van der Waals surface area contributed by atoms with Crippen LogP contribution in [-0.2, 0) is 0 Å². The van der Waals surface area contributed by atoms with Crippen molar-refractivity contribution in [2.24, 2.45) is 5.92 Å². The molecule has 1 aliphatic carbocycles. The molecular formula is C8H12ClN3S. The Labute approximate surface area is 86.8 Å². The van der Waals surface area contributed by atoms with Crippen molar-refractivity contribution in [1.82, 2.24) is 8.75 Å². The van der Waals surface area contributed by atoms with Crippen LogP contribution in [0.2, 0.25) is 5.15 Å². The summed E-state index contributed by atoms with van der Waals surface area (Å²) in [6.07, 6.45) is 3.81. The van der Waals surface area contributed by atoms with Crippen LogP contribution in [0.25, 0.3) is 0 Å². The monoisotopic (exact) mass is 217 g/mol. The van der Waals surface area contributed by atoms with E-state index in [-0.39, 0.29) is 0 Å². The zero-order chi connectivity index (χ0) is 9.26. The molecule has 13 heavy (non-hydrogen) atoms. The highest BCUT2D eigenvalue weighted by atomic mass is 35.5. The first-order chi connectivity index (χ1) is 6.31. The van der Waals surface area contributed by atoms with E-state index < -0.39 is 0 Å². The molecule has 0 bridgehead atoms. The first-order valence-electron chi connectivity index (χ1n) is 4.56. The van der Waals surface area contributed by atoms with E-state index in [4.69, 9.17) is 11.6 Å². The molecule has 2 atom stereocenters. The van der Waals surface area contributed by atoms with Crippen LogP contribution in [0.4, 0.5) is 5.82 Å². The Balaban J connectivity index is 1.84. The van der Waals surface area contributed by atoms with Crippen molar-refractivity contribution in [1.29, 1.82) is 0 Å². The van der Waals surface area contributed by atoms with Crippen molar-refractivity contribution in [3.63, 3.8) is 0 Å². The van der Waals surface area contributed by atoms with Crippen molar-refractivity contribution in [2.75, 3.05) is 5.32 Å². The Morgan fingerprint density at radius 1 is 1.62 bits per heavy atom. The summed E-state index contributed by atoms with van der Waals surface area (Å²) in [6.45, 7) is 2.22. The van der Waals surface area contributed by atoms with Gasteiger partial charge in [0.1, 0.15) is 0 Å². The fourth-order valence-corrected chi connectivity index (χ4v) is 2.21. The summed E-state index contributed by atoms with van der Waals surface area (Å²) in [6, 6.07) is 0.585. The smallest absolute Gasteiger partial charge is 0.186 e. The number of hydrogen-bond acceptors (Lipinski definition) is 4. The van der Waals surface area contributed by atoms with Gasteiger partial charge in [0.2, 0.25) is 0 Å². The van der Waals surface area contributed by atoms with Crippen molar-refractivity contribution in [3.8, 4) is 0 Å². The van der Waals surface area contributed by atoms with Gasteiger partial charge >= 0.3 is 0 Å². The third-order valence-electron chi connectivity index (χ3n) is 2.35. The van der Waals surface area contributed by atoms with Gasteiger partial charge in [-0.15, -0.1) is 0 Å². The summed E-state index contributed by atoms with van der Waals surface area (Å²) in [7, 11) is 0. The molecule has 2 unspecified atom stereocenters. The van der Waals surface area contributed by atoms with Gasteiger partial charge in [-0.1, -0.05) is 24.9 Å². The number of nitrogens with zero attached hydrogens (tertiary/aromatic N) is 2. The quantitative estimate of drug-likeness (QED) is 0.843. The lowest BCUT2D eigenvalue weighted by Gasteiger charge is -2.00. The minimum absolute atomic E-state index is 0.507. The Kier molecular flexibility index (Phi) is 2.69. The predicted octanol–water partition coefficient (Wildman–Crippen LogP) is 2.79. The molecule has 1 N–H and O–H groups in total. The SMILES string of the molecule is CCCC1CC1Nc1nsnc1Cl. The minimum atomic E-state index is 0.507. The summed E-state index contributed by atoms with van der Waals surface area (Å²) < 4.78 is 7.98. The molecule has 1 saturated carbocycles. The number of nitrogens with one attached hydrogen (secondary N) is 1. The third kappa shape index (κ3) is 2.11.